The Kier molecular flexibility index (Phi) is 5.39. The molecule has 2 aromatic carbocycles. The van der Waals surface area contributed by atoms with E-state index in [0.29, 0.717) is 23.0 Å². The highest BCUT2D eigenvalue weighted by Crippen LogP contribution is 2.19. The molecule has 2 aromatic heterocycles. The summed E-state index contributed by atoms with van der Waals surface area (Å²) >= 11 is 0. The van der Waals surface area contributed by atoms with Crippen molar-refractivity contribution in [2.75, 3.05) is 10.6 Å². The molecule has 2 heterocycles. The molecular weight excluding hydrogens is 425 g/mol. The van der Waals surface area contributed by atoms with Crippen LogP contribution in [0.15, 0.2) is 47.3 Å². The summed E-state index contributed by atoms with van der Waals surface area (Å²) in [5.74, 6) is -2.80. The van der Waals surface area contributed by atoms with Crippen molar-refractivity contribution >= 4 is 28.9 Å². The summed E-state index contributed by atoms with van der Waals surface area (Å²) in [5, 5.41) is 9.28. The lowest BCUT2D eigenvalue weighted by Gasteiger charge is -2.09. The fraction of sp³-hybridized carbons (Fsp3) is 0.143. The summed E-state index contributed by atoms with van der Waals surface area (Å²) in [6.45, 7) is 2.79. The number of amides is 1. The predicted octanol–water partition coefficient (Wildman–Crippen LogP) is 3.31. The van der Waals surface area contributed by atoms with Gasteiger partial charge in [-0.15, -0.1) is 5.10 Å². The molecule has 0 radical (unpaired) electrons. The first-order chi connectivity index (χ1) is 15.2. The number of benzene rings is 2. The number of anilines is 3. The Morgan fingerprint density at radius 1 is 1.03 bits per heavy atom. The van der Waals surface area contributed by atoms with Gasteiger partial charge in [0.15, 0.2) is 5.65 Å². The van der Waals surface area contributed by atoms with Crippen molar-refractivity contribution in [1.82, 2.24) is 19.2 Å². The lowest BCUT2D eigenvalue weighted by Crippen LogP contribution is -2.29. The zero-order valence-electron chi connectivity index (χ0n) is 17.0. The number of aryl methyl sites for hydroxylation is 2. The number of rotatable bonds is 5. The maximum atomic E-state index is 13.9. The number of carbonyl (C=O) groups excluding carboxylic acids is 1. The van der Waals surface area contributed by atoms with Crippen molar-refractivity contribution in [3.63, 3.8) is 0 Å². The molecule has 0 aliphatic rings. The van der Waals surface area contributed by atoms with Gasteiger partial charge in [0.2, 0.25) is 11.9 Å². The van der Waals surface area contributed by atoms with Crippen LogP contribution >= 0.6 is 0 Å². The summed E-state index contributed by atoms with van der Waals surface area (Å²) in [7, 11) is 0. The van der Waals surface area contributed by atoms with Crippen molar-refractivity contribution in [1.29, 1.82) is 0 Å². The number of carbonyl (C=O) groups is 1. The number of nitrogens with one attached hydrogen (secondary N) is 2. The Balaban J connectivity index is 1.64. The highest BCUT2D eigenvalue weighted by Gasteiger charge is 2.16. The fourth-order valence-corrected chi connectivity index (χ4v) is 3.06. The fourth-order valence-electron chi connectivity index (χ4n) is 3.06. The number of fused-ring (bicyclic) bond motifs is 1. The normalized spacial score (nSPS) is 11.0. The van der Waals surface area contributed by atoms with Crippen LogP contribution in [0.1, 0.15) is 11.3 Å². The molecule has 0 saturated carbocycles. The van der Waals surface area contributed by atoms with Crippen LogP contribution < -0.4 is 16.3 Å². The van der Waals surface area contributed by atoms with Gasteiger partial charge in [-0.2, -0.15) is 0 Å². The maximum Gasteiger partial charge on any atom is 0.353 e. The van der Waals surface area contributed by atoms with Crippen LogP contribution in [0.2, 0.25) is 0 Å². The van der Waals surface area contributed by atoms with E-state index in [2.05, 4.69) is 20.7 Å². The molecule has 0 saturated heterocycles. The molecule has 4 aromatic rings. The second kappa shape index (κ2) is 8.17. The summed E-state index contributed by atoms with van der Waals surface area (Å²) in [6, 6.07) is 8.72. The number of nitrogens with zero attached hydrogens (tertiary/aromatic N) is 4. The maximum absolute atomic E-state index is 13.9. The van der Waals surface area contributed by atoms with E-state index in [1.165, 1.54) is 12.1 Å². The quantitative estimate of drug-likeness (QED) is 0.495. The van der Waals surface area contributed by atoms with Crippen LogP contribution in [0.3, 0.4) is 0 Å². The van der Waals surface area contributed by atoms with E-state index >= 15 is 0 Å². The van der Waals surface area contributed by atoms with E-state index < -0.39 is 35.6 Å². The molecule has 0 bridgehead atoms. The van der Waals surface area contributed by atoms with E-state index in [-0.39, 0.29) is 17.3 Å². The molecule has 0 atom stereocenters. The van der Waals surface area contributed by atoms with E-state index in [4.69, 9.17) is 0 Å². The first kappa shape index (κ1) is 21.1. The van der Waals surface area contributed by atoms with Gasteiger partial charge in [0.25, 0.3) is 0 Å². The van der Waals surface area contributed by atoms with E-state index in [1.807, 2.05) is 0 Å². The third-order valence-corrected chi connectivity index (χ3v) is 4.62. The summed E-state index contributed by atoms with van der Waals surface area (Å²) in [6.07, 6.45) is 0. The topological polar surface area (TPSA) is 93.3 Å². The Morgan fingerprint density at radius 3 is 2.53 bits per heavy atom. The minimum absolute atomic E-state index is 0.0875. The second-order valence-corrected chi connectivity index (χ2v) is 7.12. The highest BCUT2D eigenvalue weighted by molar-refractivity contribution is 5.90. The smallest absolute Gasteiger partial charge is 0.325 e. The SMILES string of the molecule is Cc1cc2nn(CC(=O)Nc3ccc(F)cc3F)c(=O)n2c(Nc2ccc(C)c(F)c2)n1. The summed E-state index contributed by atoms with van der Waals surface area (Å²) in [5.41, 5.74) is 0.663. The Morgan fingerprint density at radius 2 is 1.81 bits per heavy atom. The van der Waals surface area contributed by atoms with Crippen LogP contribution in [0.25, 0.3) is 5.65 Å². The molecule has 4 rings (SSSR count). The highest BCUT2D eigenvalue weighted by atomic mass is 19.1. The molecule has 2 N–H and O–H groups in total. The molecule has 32 heavy (non-hydrogen) atoms. The van der Waals surface area contributed by atoms with Gasteiger partial charge in [0, 0.05) is 23.5 Å². The molecule has 11 heteroatoms. The van der Waals surface area contributed by atoms with Crippen LogP contribution in [0, 0.1) is 31.3 Å². The third kappa shape index (κ3) is 4.17. The molecule has 0 spiro atoms. The molecular formula is C21H17F3N6O2. The number of hydrogen-bond acceptors (Lipinski definition) is 5. The van der Waals surface area contributed by atoms with Gasteiger partial charge in [-0.05, 0) is 43.7 Å². The zero-order valence-corrected chi connectivity index (χ0v) is 17.0. The van der Waals surface area contributed by atoms with Crippen molar-refractivity contribution in [3.05, 3.63) is 81.7 Å². The van der Waals surface area contributed by atoms with Crippen molar-refractivity contribution in [2.45, 2.75) is 20.4 Å². The number of hydrogen-bond donors (Lipinski definition) is 2. The van der Waals surface area contributed by atoms with E-state index in [9.17, 15) is 22.8 Å². The van der Waals surface area contributed by atoms with Gasteiger partial charge in [0.05, 0.1) is 5.69 Å². The summed E-state index contributed by atoms with van der Waals surface area (Å²) in [4.78, 5) is 29.5. The van der Waals surface area contributed by atoms with Crippen LogP contribution in [-0.2, 0) is 11.3 Å². The van der Waals surface area contributed by atoms with Gasteiger partial charge >= 0.3 is 5.69 Å². The molecule has 1 amide bonds. The minimum atomic E-state index is -0.947. The molecule has 0 aliphatic carbocycles. The van der Waals surface area contributed by atoms with Crippen molar-refractivity contribution in [3.8, 4) is 0 Å². The van der Waals surface area contributed by atoms with E-state index in [1.54, 1.807) is 26.0 Å². The Labute approximate surface area is 179 Å². The predicted molar refractivity (Wildman–Crippen MR) is 111 cm³/mol. The average Bonchev–Trinajstić information content (AvgIpc) is 3.02. The Hall–Kier alpha value is -4.15. The molecule has 164 valence electrons. The molecule has 0 fully saturated rings. The molecule has 0 aliphatic heterocycles. The standard InChI is InChI=1S/C21H17F3N6O2/c1-11-3-5-14(9-15(11)23)26-20-25-12(2)7-18-28-29(21(32)30(18)20)10-19(31)27-17-6-4-13(22)8-16(17)24/h3-9H,10H2,1-2H3,(H,25,26)(H,27,31). The lowest BCUT2D eigenvalue weighted by atomic mass is 10.2. The Bertz CT molecular complexity index is 1410. The first-order valence-electron chi connectivity index (χ1n) is 9.46. The number of halogens is 3. The summed E-state index contributed by atoms with van der Waals surface area (Å²) < 4.78 is 42.7. The number of aromatic nitrogens is 4. The van der Waals surface area contributed by atoms with Crippen molar-refractivity contribution < 1.29 is 18.0 Å². The van der Waals surface area contributed by atoms with Crippen LogP contribution in [0.4, 0.5) is 30.5 Å². The van der Waals surface area contributed by atoms with Gasteiger partial charge in [0.1, 0.15) is 24.0 Å². The van der Waals surface area contributed by atoms with Gasteiger partial charge in [-0.1, -0.05) is 6.07 Å². The monoisotopic (exact) mass is 442 g/mol. The van der Waals surface area contributed by atoms with Gasteiger partial charge in [-0.3, -0.25) is 4.79 Å². The van der Waals surface area contributed by atoms with Crippen LogP contribution in [0.5, 0.6) is 0 Å². The molecule has 0 unspecified atom stereocenters. The van der Waals surface area contributed by atoms with Crippen molar-refractivity contribution in [2.24, 2.45) is 0 Å². The van der Waals surface area contributed by atoms with E-state index in [0.717, 1.165) is 21.2 Å². The van der Waals surface area contributed by atoms with Gasteiger partial charge in [-0.25, -0.2) is 32.0 Å². The first-order valence-corrected chi connectivity index (χ1v) is 9.46. The van der Waals surface area contributed by atoms with Crippen LogP contribution in [-0.4, -0.2) is 25.1 Å². The molecule has 8 nitrogen and oxygen atoms in total. The third-order valence-electron chi connectivity index (χ3n) is 4.62. The second-order valence-electron chi connectivity index (χ2n) is 7.12. The van der Waals surface area contributed by atoms with Gasteiger partial charge < -0.3 is 10.6 Å². The average molecular weight is 442 g/mol. The zero-order chi connectivity index (χ0) is 23.0. The largest absolute Gasteiger partial charge is 0.353 e. The lowest BCUT2D eigenvalue weighted by molar-refractivity contribution is -0.117. The minimum Gasteiger partial charge on any atom is -0.325 e.